The van der Waals surface area contributed by atoms with Gasteiger partial charge in [0.2, 0.25) is 0 Å². The SMILES string of the molecule is CS(=O)(=O)c1cccc(NC2CC2)c1[N+](=O)[O-]. The van der Waals surface area contributed by atoms with Crippen LogP contribution in [-0.2, 0) is 9.84 Å². The number of benzene rings is 1. The molecule has 2 rings (SSSR count). The van der Waals surface area contributed by atoms with Crippen LogP contribution in [0, 0.1) is 10.1 Å². The molecule has 1 N–H and O–H groups in total. The molecule has 0 saturated heterocycles. The summed E-state index contributed by atoms with van der Waals surface area (Å²) in [5.74, 6) is 0. The molecule has 1 aromatic rings. The largest absolute Gasteiger partial charge is 0.377 e. The lowest BCUT2D eigenvalue weighted by molar-refractivity contribution is -0.386. The van der Waals surface area contributed by atoms with Gasteiger partial charge in [-0.2, -0.15) is 0 Å². The molecule has 6 nitrogen and oxygen atoms in total. The van der Waals surface area contributed by atoms with Crippen LogP contribution in [0.4, 0.5) is 11.4 Å². The Bertz CT molecular complexity index is 564. The van der Waals surface area contributed by atoms with Crippen molar-refractivity contribution >= 4 is 21.2 Å². The van der Waals surface area contributed by atoms with Crippen molar-refractivity contribution in [2.75, 3.05) is 11.6 Å². The van der Waals surface area contributed by atoms with Gasteiger partial charge in [-0.05, 0) is 25.0 Å². The summed E-state index contributed by atoms with van der Waals surface area (Å²) in [6.07, 6.45) is 2.89. The van der Waals surface area contributed by atoms with E-state index in [0.717, 1.165) is 19.1 Å². The molecule has 0 aromatic heterocycles. The van der Waals surface area contributed by atoms with Gasteiger partial charge in [-0.25, -0.2) is 8.42 Å². The Morgan fingerprint density at radius 3 is 2.53 bits per heavy atom. The number of sulfone groups is 1. The molecule has 92 valence electrons. The zero-order valence-electron chi connectivity index (χ0n) is 9.21. The van der Waals surface area contributed by atoms with Gasteiger partial charge in [-0.1, -0.05) is 6.07 Å². The monoisotopic (exact) mass is 256 g/mol. The Labute approximate surface area is 98.7 Å². The van der Waals surface area contributed by atoms with Gasteiger partial charge < -0.3 is 5.32 Å². The first-order chi connectivity index (χ1) is 7.89. The Morgan fingerprint density at radius 2 is 2.06 bits per heavy atom. The zero-order chi connectivity index (χ0) is 12.6. The van der Waals surface area contributed by atoms with E-state index in [1.807, 2.05) is 0 Å². The third kappa shape index (κ3) is 2.55. The van der Waals surface area contributed by atoms with Crippen LogP contribution >= 0.6 is 0 Å². The predicted molar refractivity (Wildman–Crippen MR) is 62.9 cm³/mol. The Balaban J connectivity index is 2.55. The molecule has 0 amide bonds. The molecular weight excluding hydrogens is 244 g/mol. The fourth-order valence-electron chi connectivity index (χ4n) is 1.57. The maximum absolute atomic E-state index is 11.5. The maximum atomic E-state index is 11.5. The number of anilines is 1. The number of nitro groups is 1. The lowest BCUT2D eigenvalue weighted by Gasteiger charge is -2.08. The van der Waals surface area contributed by atoms with Crippen molar-refractivity contribution in [1.29, 1.82) is 0 Å². The molecular formula is C10H12N2O4S. The van der Waals surface area contributed by atoms with Crippen molar-refractivity contribution in [2.45, 2.75) is 23.8 Å². The van der Waals surface area contributed by atoms with Crippen LogP contribution < -0.4 is 5.32 Å². The molecule has 1 fully saturated rings. The quantitative estimate of drug-likeness (QED) is 0.652. The molecule has 0 bridgehead atoms. The van der Waals surface area contributed by atoms with E-state index < -0.39 is 14.8 Å². The molecule has 7 heteroatoms. The Morgan fingerprint density at radius 1 is 1.41 bits per heavy atom. The smallest absolute Gasteiger partial charge is 0.310 e. The van der Waals surface area contributed by atoms with E-state index in [-0.39, 0.29) is 22.3 Å². The second kappa shape index (κ2) is 3.99. The highest BCUT2D eigenvalue weighted by Crippen LogP contribution is 2.35. The molecule has 0 heterocycles. The standard InChI is InChI=1S/C10H12N2O4S/c1-17(15,16)9-4-2-3-8(10(9)12(13)14)11-7-5-6-7/h2-4,7,11H,5-6H2,1H3. The topological polar surface area (TPSA) is 89.3 Å². The second-order valence-electron chi connectivity index (χ2n) is 4.10. The predicted octanol–water partition coefficient (Wildman–Crippen LogP) is 1.57. The van der Waals surface area contributed by atoms with Gasteiger partial charge in [0.25, 0.3) is 0 Å². The molecule has 1 aliphatic rings. The van der Waals surface area contributed by atoms with Crippen molar-refractivity contribution in [3.05, 3.63) is 28.3 Å². The number of hydrogen-bond acceptors (Lipinski definition) is 5. The van der Waals surface area contributed by atoms with Gasteiger partial charge in [-0.15, -0.1) is 0 Å². The molecule has 0 aliphatic heterocycles. The number of hydrogen-bond donors (Lipinski definition) is 1. The first kappa shape index (κ1) is 11.8. The van der Waals surface area contributed by atoms with Gasteiger partial charge in [0.1, 0.15) is 10.6 Å². The summed E-state index contributed by atoms with van der Waals surface area (Å²) in [6.45, 7) is 0. The van der Waals surface area contributed by atoms with Crippen LogP contribution in [0.25, 0.3) is 0 Å². The fourth-order valence-corrected chi connectivity index (χ4v) is 2.44. The van der Waals surface area contributed by atoms with E-state index in [9.17, 15) is 18.5 Å². The molecule has 0 unspecified atom stereocenters. The summed E-state index contributed by atoms with van der Waals surface area (Å²) in [6, 6.07) is 4.52. The van der Waals surface area contributed by atoms with Crippen LogP contribution in [0.1, 0.15) is 12.8 Å². The summed E-state index contributed by atoms with van der Waals surface area (Å²) in [4.78, 5) is 10.1. The second-order valence-corrected chi connectivity index (χ2v) is 6.08. The van der Waals surface area contributed by atoms with E-state index >= 15 is 0 Å². The minimum Gasteiger partial charge on any atom is -0.377 e. The lowest BCUT2D eigenvalue weighted by Crippen LogP contribution is -2.08. The van der Waals surface area contributed by atoms with Gasteiger partial charge in [0, 0.05) is 12.3 Å². The Hall–Kier alpha value is -1.63. The van der Waals surface area contributed by atoms with E-state index in [2.05, 4.69) is 5.32 Å². The van der Waals surface area contributed by atoms with Crippen molar-refractivity contribution in [1.82, 2.24) is 0 Å². The molecule has 17 heavy (non-hydrogen) atoms. The van der Waals surface area contributed by atoms with Crippen LogP contribution in [0.5, 0.6) is 0 Å². The summed E-state index contributed by atoms with van der Waals surface area (Å²) < 4.78 is 23.0. The number of nitrogens with zero attached hydrogens (tertiary/aromatic N) is 1. The summed E-state index contributed by atoms with van der Waals surface area (Å²) in [5.41, 5.74) is -0.0812. The average Bonchev–Trinajstić information content (AvgIpc) is 2.99. The minimum atomic E-state index is -3.60. The first-order valence-corrected chi connectivity index (χ1v) is 7.03. The lowest BCUT2D eigenvalue weighted by atomic mass is 10.2. The maximum Gasteiger partial charge on any atom is 0.310 e. The minimum absolute atomic E-state index is 0.225. The fraction of sp³-hybridized carbons (Fsp3) is 0.400. The van der Waals surface area contributed by atoms with Crippen LogP contribution in [-0.4, -0.2) is 25.6 Å². The van der Waals surface area contributed by atoms with Gasteiger partial charge >= 0.3 is 5.69 Å². The highest BCUT2D eigenvalue weighted by atomic mass is 32.2. The summed E-state index contributed by atoms with van der Waals surface area (Å²) in [5, 5.41) is 14.0. The summed E-state index contributed by atoms with van der Waals surface area (Å²) >= 11 is 0. The average molecular weight is 256 g/mol. The molecule has 0 atom stereocenters. The number of nitrogens with one attached hydrogen (secondary N) is 1. The van der Waals surface area contributed by atoms with Crippen LogP contribution in [0.3, 0.4) is 0 Å². The van der Waals surface area contributed by atoms with Gasteiger partial charge in [0.05, 0.1) is 4.92 Å². The third-order valence-electron chi connectivity index (χ3n) is 2.52. The van der Waals surface area contributed by atoms with E-state index in [0.29, 0.717) is 0 Å². The van der Waals surface area contributed by atoms with E-state index in [1.54, 1.807) is 0 Å². The third-order valence-corrected chi connectivity index (χ3v) is 3.65. The normalized spacial score (nSPS) is 15.6. The van der Waals surface area contributed by atoms with Crippen LogP contribution in [0.2, 0.25) is 0 Å². The van der Waals surface area contributed by atoms with Gasteiger partial charge in [-0.3, -0.25) is 10.1 Å². The van der Waals surface area contributed by atoms with E-state index in [4.69, 9.17) is 0 Å². The first-order valence-electron chi connectivity index (χ1n) is 5.13. The van der Waals surface area contributed by atoms with E-state index in [1.165, 1.54) is 18.2 Å². The highest BCUT2D eigenvalue weighted by Gasteiger charge is 2.29. The number of rotatable bonds is 4. The molecule has 1 saturated carbocycles. The number of nitro benzene ring substituents is 1. The van der Waals surface area contributed by atoms with Crippen molar-refractivity contribution in [2.24, 2.45) is 0 Å². The molecule has 0 radical (unpaired) electrons. The van der Waals surface area contributed by atoms with Crippen molar-refractivity contribution in [3.8, 4) is 0 Å². The highest BCUT2D eigenvalue weighted by molar-refractivity contribution is 7.90. The molecule has 1 aliphatic carbocycles. The zero-order valence-corrected chi connectivity index (χ0v) is 10.0. The Kier molecular flexibility index (Phi) is 2.78. The van der Waals surface area contributed by atoms with Crippen molar-refractivity contribution < 1.29 is 13.3 Å². The van der Waals surface area contributed by atoms with Crippen molar-refractivity contribution in [3.63, 3.8) is 0 Å². The van der Waals surface area contributed by atoms with Gasteiger partial charge in [0.15, 0.2) is 9.84 Å². The molecule has 1 aromatic carbocycles. The van der Waals surface area contributed by atoms with Crippen LogP contribution in [0.15, 0.2) is 23.1 Å². The number of para-hydroxylation sites is 1. The molecule has 0 spiro atoms. The summed E-state index contributed by atoms with van der Waals surface area (Å²) in [7, 11) is -3.60.